The summed E-state index contributed by atoms with van der Waals surface area (Å²) in [5, 5.41) is 4.17. The molecular weight excluding hydrogens is 296 g/mol. The third-order valence-corrected chi connectivity index (χ3v) is 4.06. The van der Waals surface area contributed by atoms with Crippen molar-refractivity contribution in [1.29, 1.82) is 0 Å². The fraction of sp³-hybridized carbons (Fsp3) is 0.0625. The highest BCUT2D eigenvalue weighted by molar-refractivity contribution is 7.16. The summed E-state index contributed by atoms with van der Waals surface area (Å²) < 4.78 is 8.80. The molecule has 0 saturated heterocycles. The van der Waals surface area contributed by atoms with Gasteiger partial charge in [0.15, 0.2) is 0 Å². The maximum Gasteiger partial charge on any atom is 0.131 e. The van der Waals surface area contributed by atoms with Gasteiger partial charge in [-0.2, -0.15) is 5.10 Å². The molecule has 0 amide bonds. The van der Waals surface area contributed by atoms with Crippen LogP contribution in [-0.2, 0) is 7.05 Å². The third kappa shape index (κ3) is 2.44. The van der Waals surface area contributed by atoms with Gasteiger partial charge in [0.05, 0.1) is 27.6 Å². The lowest BCUT2D eigenvalue weighted by Crippen LogP contribution is -1.87. The molecule has 0 aliphatic carbocycles. The summed E-state index contributed by atoms with van der Waals surface area (Å²) in [6, 6.07) is 9.64. The number of rotatable bonds is 3. The van der Waals surface area contributed by atoms with Crippen LogP contribution in [0.15, 0.2) is 54.4 Å². The van der Waals surface area contributed by atoms with Crippen molar-refractivity contribution in [1.82, 2.24) is 19.7 Å². The first kappa shape index (κ1) is 13.0. The normalized spacial score (nSPS) is 11.0. The summed E-state index contributed by atoms with van der Waals surface area (Å²) >= 11 is 1.60. The number of hydrogen-bond donors (Lipinski definition) is 0. The van der Waals surface area contributed by atoms with Crippen LogP contribution in [0.3, 0.4) is 0 Å². The predicted octanol–water partition coefficient (Wildman–Crippen LogP) is 3.88. The van der Waals surface area contributed by atoms with Gasteiger partial charge in [-0.3, -0.25) is 9.67 Å². The molecule has 0 aliphatic rings. The number of benzene rings is 1. The van der Waals surface area contributed by atoms with Crippen LogP contribution in [0, 0.1) is 0 Å². The lowest BCUT2D eigenvalue weighted by Gasteiger charge is -2.06. The first-order valence-electron chi connectivity index (χ1n) is 6.74. The molecule has 22 heavy (non-hydrogen) atoms. The van der Waals surface area contributed by atoms with Crippen LogP contribution in [0.5, 0.6) is 11.5 Å². The minimum absolute atomic E-state index is 0.748. The average Bonchev–Trinajstić information content (AvgIpc) is 3.16. The van der Waals surface area contributed by atoms with E-state index in [1.165, 1.54) is 0 Å². The minimum atomic E-state index is 0.748. The van der Waals surface area contributed by atoms with Crippen LogP contribution in [0.4, 0.5) is 0 Å². The Hall–Kier alpha value is -2.73. The zero-order valence-corrected chi connectivity index (χ0v) is 12.6. The second-order valence-electron chi connectivity index (χ2n) is 4.86. The molecule has 4 aromatic rings. The summed E-state index contributed by atoms with van der Waals surface area (Å²) in [6.07, 6.45) is 5.45. The van der Waals surface area contributed by atoms with E-state index in [4.69, 9.17) is 4.74 Å². The van der Waals surface area contributed by atoms with E-state index >= 15 is 0 Å². The number of thiazole rings is 1. The summed E-state index contributed by atoms with van der Waals surface area (Å²) in [4.78, 5) is 8.63. The van der Waals surface area contributed by atoms with Gasteiger partial charge < -0.3 is 4.74 Å². The van der Waals surface area contributed by atoms with Crippen molar-refractivity contribution in [2.45, 2.75) is 0 Å². The van der Waals surface area contributed by atoms with Gasteiger partial charge in [-0.15, -0.1) is 11.3 Å². The number of fused-ring (bicyclic) bond motifs is 1. The molecule has 0 unspecified atom stereocenters. The number of aryl methyl sites for hydroxylation is 1. The van der Waals surface area contributed by atoms with E-state index < -0.39 is 0 Å². The highest BCUT2D eigenvalue weighted by Gasteiger charge is 2.06. The highest BCUT2D eigenvalue weighted by Crippen LogP contribution is 2.28. The van der Waals surface area contributed by atoms with Crippen molar-refractivity contribution in [2.75, 3.05) is 0 Å². The lowest BCUT2D eigenvalue weighted by atomic mass is 10.2. The molecule has 1 aromatic carbocycles. The van der Waals surface area contributed by atoms with E-state index in [0.717, 1.165) is 33.0 Å². The molecule has 4 rings (SSSR count). The molecule has 108 valence electrons. The molecule has 0 atom stereocenters. The number of nitrogens with zero attached hydrogens (tertiary/aromatic N) is 4. The number of ether oxygens (including phenoxy) is 1. The minimum Gasteiger partial charge on any atom is -0.457 e. The van der Waals surface area contributed by atoms with Gasteiger partial charge >= 0.3 is 0 Å². The molecule has 0 fully saturated rings. The fourth-order valence-corrected chi connectivity index (χ4v) is 2.93. The van der Waals surface area contributed by atoms with Crippen LogP contribution in [0.1, 0.15) is 0 Å². The molecular formula is C16H12N4OS. The topological polar surface area (TPSA) is 52.8 Å². The Kier molecular flexibility index (Phi) is 3.08. The van der Waals surface area contributed by atoms with E-state index in [9.17, 15) is 0 Å². The zero-order valence-electron chi connectivity index (χ0n) is 11.8. The van der Waals surface area contributed by atoms with Gasteiger partial charge in [-0.05, 0) is 18.2 Å². The second kappa shape index (κ2) is 5.23. The van der Waals surface area contributed by atoms with Gasteiger partial charge in [0.2, 0.25) is 0 Å². The first-order chi connectivity index (χ1) is 10.8. The Labute approximate surface area is 130 Å². The molecule has 5 nitrogen and oxygen atoms in total. The quantitative estimate of drug-likeness (QED) is 0.576. The maximum absolute atomic E-state index is 5.94. The summed E-state index contributed by atoms with van der Waals surface area (Å²) in [7, 11) is 1.88. The maximum atomic E-state index is 5.94. The summed E-state index contributed by atoms with van der Waals surface area (Å²) in [6.45, 7) is 0. The fourth-order valence-electron chi connectivity index (χ4n) is 2.22. The Balaban J connectivity index is 1.65. The van der Waals surface area contributed by atoms with Crippen LogP contribution in [0.2, 0.25) is 0 Å². The van der Waals surface area contributed by atoms with Crippen LogP contribution >= 0.6 is 11.3 Å². The third-order valence-electron chi connectivity index (χ3n) is 3.27. The largest absolute Gasteiger partial charge is 0.457 e. The molecule has 6 heteroatoms. The Morgan fingerprint density at radius 2 is 2.00 bits per heavy atom. The zero-order chi connectivity index (χ0) is 14.9. The van der Waals surface area contributed by atoms with Gasteiger partial charge in [-0.25, -0.2) is 4.98 Å². The molecule has 0 bridgehead atoms. The van der Waals surface area contributed by atoms with Crippen molar-refractivity contribution in [3.8, 4) is 22.8 Å². The number of aromatic nitrogens is 4. The average molecular weight is 308 g/mol. The molecule has 0 aliphatic heterocycles. The molecule has 3 aromatic heterocycles. The smallest absolute Gasteiger partial charge is 0.131 e. The van der Waals surface area contributed by atoms with Gasteiger partial charge in [-0.1, -0.05) is 0 Å². The van der Waals surface area contributed by atoms with Crippen molar-refractivity contribution >= 4 is 21.6 Å². The Bertz CT molecular complexity index is 944. The molecule has 3 heterocycles. The van der Waals surface area contributed by atoms with Crippen molar-refractivity contribution in [2.24, 2.45) is 7.05 Å². The van der Waals surface area contributed by atoms with Crippen LogP contribution < -0.4 is 4.74 Å². The monoisotopic (exact) mass is 308 g/mol. The summed E-state index contributed by atoms with van der Waals surface area (Å²) in [5.74, 6) is 1.54. The standard InChI is InChI=1S/C16H12N4OS/c1-20-9-11(8-19-20)15-6-13(4-5-17-15)21-12-2-3-14-16(7-12)22-10-18-14/h2-10H,1H3. The lowest BCUT2D eigenvalue weighted by molar-refractivity contribution is 0.483. The van der Waals surface area contributed by atoms with Gasteiger partial charge in [0.25, 0.3) is 0 Å². The second-order valence-corrected chi connectivity index (χ2v) is 5.75. The van der Waals surface area contributed by atoms with E-state index in [-0.39, 0.29) is 0 Å². The van der Waals surface area contributed by atoms with Gasteiger partial charge in [0, 0.05) is 37.1 Å². The number of pyridine rings is 1. The van der Waals surface area contributed by atoms with E-state index in [2.05, 4.69) is 15.1 Å². The molecule has 0 radical (unpaired) electrons. The van der Waals surface area contributed by atoms with Crippen molar-refractivity contribution < 1.29 is 4.74 Å². The van der Waals surface area contributed by atoms with E-state index in [1.807, 2.05) is 49.1 Å². The van der Waals surface area contributed by atoms with E-state index in [1.54, 1.807) is 28.4 Å². The predicted molar refractivity (Wildman–Crippen MR) is 86.1 cm³/mol. The van der Waals surface area contributed by atoms with Crippen molar-refractivity contribution in [3.63, 3.8) is 0 Å². The Morgan fingerprint density at radius 3 is 2.86 bits per heavy atom. The molecule has 0 saturated carbocycles. The molecule has 0 N–H and O–H groups in total. The number of hydrogen-bond acceptors (Lipinski definition) is 5. The first-order valence-corrected chi connectivity index (χ1v) is 7.62. The van der Waals surface area contributed by atoms with Crippen LogP contribution in [0.25, 0.3) is 21.5 Å². The molecule has 0 spiro atoms. The summed E-state index contributed by atoms with van der Waals surface area (Å²) in [5.41, 5.74) is 4.62. The Morgan fingerprint density at radius 1 is 1.09 bits per heavy atom. The van der Waals surface area contributed by atoms with Gasteiger partial charge in [0.1, 0.15) is 11.5 Å². The van der Waals surface area contributed by atoms with Crippen molar-refractivity contribution in [3.05, 3.63) is 54.4 Å². The van der Waals surface area contributed by atoms with Crippen LogP contribution in [-0.4, -0.2) is 19.7 Å². The highest BCUT2D eigenvalue weighted by atomic mass is 32.1. The van der Waals surface area contributed by atoms with E-state index in [0.29, 0.717) is 0 Å². The SMILES string of the molecule is Cn1cc(-c2cc(Oc3ccc4ncsc4c3)ccn2)cn1.